The zero-order valence-electron chi connectivity index (χ0n) is 10.9. The Morgan fingerprint density at radius 3 is 2.74 bits per heavy atom. The first-order chi connectivity index (χ1) is 9.11. The number of halogens is 1. The summed E-state index contributed by atoms with van der Waals surface area (Å²) in [6.45, 7) is 2.15. The average molecular weight is 320 g/mol. The van der Waals surface area contributed by atoms with Gasteiger partial charge in [-0.15, -0.1) is 0 Å². The van der Waals surface area contributed by atoms with Crippen LogP contribution in [0.5, 0.6) is 0 Å². The summed E-state index contributed by atoms with van der Waals surface area (Å²) < 4.78 is 0.917. The largest absolute Gasteiger partial charge is 0.398 e. The third-order valence-corrected chi connectivity index (χ3v) is 3.64. The van der Waals surface area contributed by atoms with Gasteiger partial charge in [-0.2, -0.15) is 0 Å². The number of anilines is 1. The highest BCUT2D eigenvalue weighted by atomic mass is 79.9. The van der Waals surface area contributed by atoms with Crippen LogP contribution in [0, 0.1) is 0 Å². The number of aliphatic hydroxyl groups excluding tert-OH is 1. The van der Waals surface area contributed by atoms with E-state index in [-0.39, 0.29) is 0 Å². The Hall–Kier alpha value is -1.32. The van der Waals surface area contributed by atoms with Crippen LogP contribution in [-0.4, -0.2) is 5.11 Å². The molecule has 100 valence electrons. The molecule has 0 fully saturated rings. The number of benzene rings is 2. The van der Waals surface area contributed by atoms with Crippen LogP contribution >= 0.6 is 15.9 Å². The van der Waals surface area contributed by atoms with Gasteiger partial charge < -0.3 is 10.8 Å². The molecule has 0 amide bonds. The zero-order chi connectivity index (χ0) is 13.8. The second-order valence-corrected chi connectivity index (χ2v) is 5.59. The minimum absolute atomic E-state index is 0.608. The Labute approximate surface area is 122 Å². The molecule has 0 bridgehead atoms. The van der Waals surface area contributed by atoms with Crippen LogP contribution < -0.4 is 5.73 Å². The van der Waals surface area contributed by atoms with E-state index in [0.29, 0.717) is 5.69 Å². The van der Waals surface area contributed by atoms with Crippen molar-refractivity contribution in [2.24, 2.45) is 0 Å². The Kier molecular flexibility index (Phi) is 4.61. The fraction of sp³-hybridized carbons (Fsp3) is 0.250. The van der Waals surface area contributed by atoms with E-state index >= 15 is 0 Å². The third kappa shape index (κ3) is 3.37. The summed E-state index contributed by atoms with van der Waals surface area (Å²) in [6.07, 6.45) is 1.43. The summed E-state index contributed by atoms with van der Waals surface area (Å²) in [6, 6.07) is 13.6. The zero-order valence-corrected chi connectivity index (χ0v) is 12.5. The fourth-order valence-electron chi connectivity index (χ4n) is 2.17. The smallest absolute Gasteiger partial charge is 0.106 e. The number of aryl methyl sites for hydroxylation is 1. The van der Waals surface area contributed by atoms with E-state index in [9.17, 15) is 5.11 Å². The predicted molar refractivity (Wildman–Crippen MR) is 83.1 cm³/mol. The Morgan fingerprint density at radius 1 is 1.21 bits per heavy atom. The van der Waals surface area contributed by atoms with Crippen molar-refractivity contribution in [3.05, 3.63) is 63.6 Å². The lowest BCUT2D eigenvalue weighted by molar-refractivity contribution is 0.221. The Balaban J connectivity index is 2.35. The minimum atomic E-state index is -0.686. The summed E-state index contributed by atoms with van der Waals surface area (Å²) >= 11 is 3.41. The Morgan fingerprint density at radius 2 is 2.00 bits per heavy atom. The summed E-state index contributed by atoms with van der Waals surface area (Å²) in [5.41, 5.74) is 9.42. The predicted octanol–water partition coefficient (Wildman–Crippen LogP) is 4.07. The first-order valence-electron chi connectivity index (χ1n) is 6.43. The van der Waals surface area contributed by atoms with E-state index in [1.54, 1.807) is 6.07 Å². The molecule has 2 aromatic carbocycles. The van der Waals surface area contributed by atoms with E-state index in [1.165, 1.54) is 5.56 Å². The van der Waals surface area contributed by atoms with Gasteiger partial charge in [0.25, 0.3) is 0 Å². The van der Waals surface area contributed by atoms with Gasteiger partial charge in [-0.05, 0) is 35.7 Å². The lowest BCUT2D eigenvalue weighted by atomic mass is 9.97. The van der Waals surface area contributed by atoms with Gasteiger partial charge in [0.05, 0.1) is 0 Å². The molecule has 0 saturated carbocycles. The molecule has 0 heterocycles. The first-order valence-corrected chi connectivity index (χ1v) is 7.23. The van der Waals surface area contributed by atoms with Gasteiger partial charge in [-0.1, -0.05) is 53.5 Å². The highest BCUT2D eigenvalue weighted by molar-refractivity contribution is 9.10. The van der Waals surface area contributed by atoms with Crippen molar-refractivity contribution >= 4 is 21.6 Å². The van der Waals surface area contributed by atoms with Crippen LogP contribution in [0.3, 0.4) is 0 Å². The van der Waals surface area contributed by atoms with E-state index < -0.39 is 6.10 Å². The van der Waals surface area contributed by atoms with Crippen molar-refractivity contribution in [2.45, 2.75) is 25.9 Å². The molecule has 0 aliphatic carbocycles. The van der Waals surface area contributed by atoms with Crippen molar-refractivity contribution in [1.29, 1.82) is 0 Å². The molecule has 0 aliphatic rings. The van der Waals surface area contributed by atoms with Crippen LogP contribution in [0.4, 0.5) is 5.69 Å². The van der Waals surface area contributed by atoms with Crippen LogP contribution in [0.1, 0.15) is 36.1 Å². The lowest BCUT2D eigenvalue weighted by Crippen LogP contribution is -2.04. The Bertz CT molecular complexity index is 568. The van der Waals surface area contributed by atoms with Crippen molar-refractivity contribution in [1.82, 2.24) is 0 Å². The molecule has 1 unspecified atom stereocenters. The maximum atomic E-state index is 10.5. The van der Waals surface area contributed by atoms with E-state index in [0.717, 1.165) is 28.4 Å². The van der Waals surface area contributed by atoms with Crippen LogP contribution in [-0.2, 0) is 6.42 Å². The highest BCUT2D eigenvalue weighted by Gasteiger charge is 2.14. The molecule has 0 aliphatic heterocycles. The monoisotopic (exact) mass is 319 g/mol. The molecule has 0 radical (unpaired) electrons. The second-order valence-electron chi connectivity index (χ2n) is 4.67. The average Bonchev–Trinajstić information content (AvgIpc) is 2.41. The van der Waals surface area contributed by atoms with Gasteiger partial charge >= 0.3 is 0 Å². The molecule has 0 spiro atoms. The fourth-order valence-corrected chi connectivity index (χ4v) is 2.55. The number of nitrogen functional groups attached to an aromatic ring is 1. The summed E-state index contributed by atoms with van der Waals surface area (Å²) in [5.74, 6) is 0. The lowest BCUT2D eigenvalue weighted by Gasteiger charge is -2.15. The van der Waals surface area contributed by atoms with Crippen molar-refractivity contribution in [3.63, 3.8) is 0 Å². The molecule has 1 atom stereocenters. The second kappa shape index (κ2) is 6.22. The third-order valence-electron chi connectivity index (χ3n) is 3.15. The molecule has 0 saturated heterocycles. The maximum Gasteiger partial charge on any atom is 0.106 e. The summed E-state index contributed by atoms with van der Waals surface area (Å²) in [4.78, 5) is 0. The molecule has 3 N–H and O–H groups in total. The van der Waals surface area contributed by atoms with E-state index in [4.69, 9.17) is 5.73 Å². The topological polar surface area (TPSA) is 46.2 Å². The van der Waals surface area contributed by atoms with Gasteiger partial charge in [-0.3, -0.25) is 0 Å². The first kappa shape index (κ1) is 14.1. The van der Waals surface area contributed by atoms with Gasteiger partial charge in [0.15, 0.2) is 0 Å². The molecule has 2 rings (SSSR count). The maximum absolute atomic E-state index is 10.5. The number of nitrogens with two attached hydrogens (primary N) is 1. The highest BCUT2D eigenvalue weighted by Crippen LogP contribution is 2.29. The number of rotatable bonds is 4. The van der Waals surface area contributed by atoms with Crippen molar-refractivity contribution in [3.8, 4) is 0 Å². The van der Waals surface area contributed by atoms with Crippen molar-refractivity contribution in [2.75, 3.05) is 5.73 Å². The molecule has 0 aromatic heterocycles. The minimum Gasteiger partial charge on any atom is -0.398 e. The summed E-state index contributed by atoms with van der Waals surface area (Å²) in [7, 11) is 0. The quantitative estimate of drug-likeness (QED) is 0.834. The van der Waals surface area contributed by atoms with Crippen molar-refractivity contribution < 1.29 is 5.11 Å². The van der Waals surface area contributed by atoms with Gasteiger partial charge in [0.2, 0.25) is 0 Å². The van der Waals surface area contributed by atoms with E-state index in [1.807, 2.05) is 24.3 Å². The molecule has 2 aromatic rings. The SMILES string of the molecule is CCCc1cccc(C(O)c2cc(Br)ccc2N)c1. The standard InChI is InChI=1S/C16H18BrNO/c1-2-4-11-5-3-6-12(9-11)16(19)14-10-13(17)7-8-15(14)18/h3,5-10,16,19H,2,4,18H2,1H3. The van der Waals surface area contributed by atoms with Gasteiger partial charge in [0.1, 0.15) is 6.10 Å². The van der Waals surface area contributed by atoms with Gasteiger partial charge in [-0.25, -0.2) is 0 Å². The molecule has 2 nitrogen and oxygen atoms in total. The number of aliphatic hydroxyl groups is 1. The molecular formula is C16H18BrNO. The molecule has 3 heteroatoms. The van der Waals surface area contributed by atoms with Crippen LogP contribution in [0.25, 0.3) is 0 Å². The van der Waals surface area contributed by atoms with Crippen LogP contribution in [0.15, 0.2) is 46.9 Å². The van der Waals surface area contributed by atoms with Crippen LogP contribution in [0.2, 0.25) is 0 Å². The molecule has 19 heavy (non-hydrogen) atoms. The normalized spacial score (nSPS) is 12.4. The van der Waals surface area contributed by atoms with Gasteiger partial charge in [0, 0.05) is 15.7 Å². The number of hydrogen-bond acceptors (Lipinski definition) is 2. The summed E-state index contributed by atoms with van der Waals surface area (Å²) in [5, 5.41) is 10.5. The molecular weight excluding hydrogens is 302 g/mol. The number of hydrogen-bond donors (Lipinski definition) is 2. The van der Waals surface area contributed by atoms with E-state index in [2.05, 4.69) is 35.0 Å².